The van der Waals surface area contributed by atoms with Crippen LogP contribution in [0.15, 0.2) is 41.8 Å². The van der Waals surface area contributed by atoms with Crippen molar-refractivity contribution in [3.8, 4) is 0 Å². The molecular formula is C12H11BrCl2N2S. The summed E-state index contributed by atoms with van der Waals surface area (Å²) in [5.74, 6) is 0. The van der Waals surface area contributed by atoms with E-state index in [0.717, 1.165) is 16.8 Å². The molecule has 1 aromatic heterocycles. The first kappa shape index (κ1) is 14.3. The van der Waals surface area contributed by atoms with Gasteiger partial charge in [-0.3, -0.25) is 0 Å². The third kappa shape index (κ3) is 3.67. The average Bonchev–Trinajstić information content (AvgIpc) is 2.85. The van der Waals surface area contributed by atoms with Gasteiger partial charge in [0.1, 0.15) is 0 Å². The normalized spacial score (nSPS) is 12.6. The number of aromatic nitrogens is 2. The molecule has 96 valence electrons. The summed E-state index contributed by atoms with van der Waals surface area (Å²) in [6.07, 6.45) is 5.54. The Morgan fingerprint density at radius 1 is 1.33 bits per heavy atom. The largest absolute Gasteiger partial charge is 0.336 e. The molecule has 18 heavy (non-hydrogen) atoms. The van der Waals surface area contributed by atoms with Gasteiger partial charge in [-0.05, 0) is 12.1 Å². The number of thioether (sulfide) groups is 1. The molecular weight excluding hydrogens is 355 g/mol. The van der Waals surface area contributed by atoms with Crippen molar-refractivity contribution in [2.24, 2.45) is 0 Å². The molecule has 1 aromatic carbocycles. The van der Waals surface area contributed by atoms with E-state index >= 15 is 0 Å². The highest BCUT2D eigenvalue weighted by Crippen LogP contribution is 2.37. The van der Waals surface area contributed by atoms with E-state index in [9.17, 15) is 0 Å². The molecule has 0 aliphatic rings. The van der Waals surface area contributed by atoms with Crippen LogP contribution < -0.4 is 0 Å². The van der Waals surface area contributed by atoms with E-state index in [2.05, 4.69) is 20.9 Å². The molecule has 0 saturated heterocycles. The quantitative estimate of drug-likeness (QED) is 0.562. The maximum atomic E-state index is 6.17. The van der Waals surface area contributed by atoms with Crippen molar-refractivity contribution in [3.05, 3.63) is 47.0 Å². The summed E-state index contributed by atoms with van der Waals surface area (Å²) in [6.45, 7) is 0.859. The highest BCUT2D eigenvalue weighted by atomic mass is 79.9. The number of benzene rings is 1. The second-order valence-electron chi connectivity index (χ2n) is 3.70. The summed E-state index contributed by atoms with van der Waals surface area (Å²) in [5.41, 5.74) is 0. The Kier molecular flexibility index (Phi) is 5.42. The minimum Gasteiger partial charge on any atom is -0.336 e. The third-order valence-corrected chi connectivity index (χ3v) is 5.74. The van der Waals surface area contributed by atoms with Crippen molar-refractivity contribution in [2.45, 2.75) is 16.7 Å². The lowest BCUT2D eigenvalue weighted by atomic mass is 10.4. The summed E-state index contributed by atoms with van der Waals surface area (Å²) < 4.78 is 2.05. The first-order valence-electron chi connectivity index (χ1n) is 5.33. The molecule has 0 aliphatic carbocycles. The molecule has 0 N–H and O–H groups in total. The van der Waals surface area contributed by atoms with Crippen LogP contribution in [0.25, 0.3) is 0 Å². The molecule has 1 unspecified atom stereocenters. The topological polar surface area (TPSA) is 17.8 Å². The predicted octanol–water partition coefficient (Wildman–Crippen LogP) is 4.75. The molecule has 0 amide bonds. The van der Waals surface area contributed by atoms with Crippen LogP contribution in [0, 0.1) is 0 Å². The van der Waals surface area contributed by atoms with Gasteiger partial charge in [0.2, 0.25) is 0 Å². The Morgan fingerprint density at radius 3 is 2.61 bits per heavy atom. The van der Waals surface area contributed by atoms with Gasteiger partial charge in [-0.25, -0.2) is 4.98 Å². The van der Waals surface area contributed by atoms with Gasteiger partial charge in [-0.2, -0.15) is 0 Å². The van der Waals surface area contributed by atoms with Crippen LogP contribution in [0.1, 0.15) is 0 Å². The molecule has 0 bridgehead atoms. The minimum absolute atomic E-state index is 0.344. The highest BCUT2D eigenvalue weighted by Gasteiger charge is 2.14. The Balaban J connectivity index is 2.10. The molecule has 0 fully saturated rings. The van der Waals surface area contributed by atoms with E-state index in [1.165, 1.54) is 0 Å². The van der Waals surface area contributed by atoms with Gasteiger partial charge >= 0.3 is 0 Å². The maximum Gasteiger partial charge on any atom is 0.0946 e. The van der Waals surface area contributed by atoms with Crippen LogP contribution in [0.4, 0.5) is 0 Å². The fraction of sp³-hybridized carbons (Fsp3) is 0.250. The van der Waals surface area contributed by atoms with Crippen molar-refractivity contribution in [2.75, 3.05) is 5.33 Å². The number of imidazole rings is 1. The second-order valence-corrected chi connectivity index (χ2v) is 6.48. The Labute approximate surface area is 129 Å². The molecule has 2 rings (SSSR count). The lowest BCUT2D eigenvalue weighted by molar-refractivity contribution is 0.697. The number of hydrogen-bond acceptors (Lipinski definition) is 2. The van der Waals surface area contributed by atoms with Gasteiger partial charge in [0.25, 0.3) is 0 Å². The van der Waals surface area contributed by atoms with Gasteiger partial charge in [-0.15, -0.1) is 11.8 Å². The number of rotatable bonds is 5. The number of halogens is 3. The van der Waals surface area contributed by atoms with Crippen LogP contribution in [0.3, 0.4) is 0 Å². The van der Waals surface area contributed by atoms with E-state index in [-0.39, 0.29) is 0 Å². The first-order chi connectivity index (χ1) is 8.70. The van der Waals surface area contributed by atoms with Crippen LogP contribution in [0.2, 0.25) is 10.0 Å². The molecule has 2 aromatic rings. The predicted molar refractivity (Wildman–Crippen MR) is 82.1 cm³/mol. The summed E-state index contributed by atoms with van der Waals surface area (Å²) in [5, 5.41) is 2.60. The van der Waals surface area contributed by atoms with Crippen molar-refractivity contribution in [1.82, 2.24) is 9.55 Å². The minimum atomic E-state index is 0.344. The van der Waals surface area contributed by atoms with E-state index in [0.29, 0.717) is 15.3 Å². The fourth-order valence-electron chi connectivity index (χ4n) is 1.51. The summed E-state index contributed by atoms with van der Waals surface area (Å²) in [7, 11) is 0. The molecule has 0 radical (unpaired) electrons. The van der Waals surface area contributed by atoms with Gasteiger partial charge in [0, 0.05) is 34.4 Å². The van der Waals surface area contributed by atoms with Crippen LogP contribution in [0.5, 0.6) is 0 Å². The van der Waals surface area contributed by atoms with E-state index < -0.39 is 0 Å². The monoisotopic (exact) mass is 364 g/mol. The standard InChI is InChI=1S/C12H11BrCl2N2S/c13-6-9(7-17-5-4-16-8-17)18-12-10(14)2-1-3-11(12)15/h1-5,8-9H,6-7H2. The number of alkyl halides is 1. The van der Waals surface area contributed by atoms with Crippen molar-refractivity contribution in [3.63, 3.8) is 0 Å². The Hall–Kier alpha value is -0.160. The molecule has 0 spiro atoms. The van der Waals surface area contributed by atoms with E-state index in [1.54, 1.807) is 18.0 Å². The van der Waals surface area contributed by atoms with Gasteiger partial charge in [0.15, 0.2) is 0 Å². The maximum absolute atomic E-state index is 6.17. The zero-order chi connectivity index (χ0) is 13.0. The van der Waals surface area contributed by atoms with Gasteiger partial charge < -0.3 is 4.57 Å². The van der Waals surface area contributed by atoms with Gasteiger partial charge in [0.05, 0.1) is 16.4 Å². The van der Waals surface area contributed by atoms with Crippen molar-refractivity contribution < 1.29 is 0 Å². The van der Waals surface area contributed by atoms with Crippen LogP contribution >= 0.6 is 50.9 Å². The number of hydrogen-bond donors (Lipinski definition) is 0. The third-order valence-electron chi connectivity index (χ3n) is 2.35. The summed E-state index contributed by atoms with van der Waals surface area (Å²) in [4.78, 5) is 4.97. The Bertz CT molecular complexity index is 485. The van der Waals surface area contributed by atoms with Crippen molar-refractivity contribution >= 4 is 50.9 Å². The number of nitrogens with zero attached hydrogens (tertiary/aromatic N) is 2. The molecule has 1 atom stereocenters. The highest BCUT2D eigenvalue weighted by molar-refractivity contribution is 9.09. The molecule has 0 aliphatic heterocycles. The SMILES string of the molecule is Clc1cccc(Cl)c1SC(CBr)Cn1ccnc1. The molecule has 2 nitrogen and oxygen atoms in total. The molecule has 6 heteroatoms. The van der Waals surface area contributed by atoms with Crippen LogP contribution in [-0.2, 0) is 6.54 Å². The lowest BCUT2D eigenvalue weighted by Crippen LogP contribution is -2.13. The molecule has 0 saturated carbocycles. The second kappa shape index (κ2) is 6.85. The summed E-state index contributed by atoms with van der Waals surface area (Å²) in [6, 6.07) is 5.57. The van der Waals surface area contributed by atoms with Crippen LogP contribution in [-0.4, -0.2) is 20.1 Å². The first-order valence-corrected chi connectivity index (χ1v) is 8.08. The zero-order valence-corrected chi connectivity index (χ0v) is 13.3. The molecule has 1 heterocycles. The smallest absolute Gasteiger partial charge is 0.0946 e. The fourth-order valence-corrected chi connectivity index (χ4v) is 3.78. The van der Waals surface area contributed by atoms with Gasteiger partial charge in [-0.1, -0.05) is 45.2 Å². The lowest BCUT2D eigenvalue weighted by Gasteiger charge is -2.16. The van der Waals surface area contributed by atoms with Crippen molar-refractivity contribution in [1.29, 1.82) is 0 Å². The Morgan fingerprint density at radius 2 is 2.06 bits per heavy atom. The average molecular weight is 366 g/mol. The summed E-state index contributed by atoms with van der Waals surface area (Å²) >= 11 is 17.6. The van der Waals surface area contributed by atoms with E-state index in [4.69, 9.17) is 23.2 Å². The zero-order valence-electron chi connectivity index (χ0n) is 9.39. The van der Waals surface area contributed by atoms with E-state index in [1.807, 2.05) is 35.3 Å².